The van der Waals surface area contributed by atoms with Crippen molar-refractivity contribution in [2.45, 2.75) is 33.2 Å². The van der Waals surface area contributed by atoms with Crippen LogP contribution in [0.15, 0.2) is 42.9 Å². The van der Waals surface area contributed by atoms with Crippen molar-refractivity contribution < 1.29 is 4.79 Å². The van der Waals surface area contributed by atoms with Crippen molar-refractivity contribution in [2.75, 3.05) is 11.9 Å². The second-order valence-electron chi connectivity index (χ2n) is 5.81. The Balaban J connectivity index is 2.00. The molecule has 122 valence electrons. The standard InChI is InChI=1S/C18H24N4O/c1-4-16-15(10-19-12-21-16)18(23)20-11-17(13(2)3)22-14-8-6-5-7-9-14/h5-10,12-13,17,22H,4,11H2,1-3H3,(H,20,23)/t17-/m0/s1. The number of aryl methyl sites for hydroxylation is 1. The van der Waals surface area contributed by atoms with Gasteiger partial charge >= 0.3 is 0 Å². The van der Waals surface area contributed by atoms with Gasteiger partial charge in [0.1, 0.15) is 6.33 Å². The highest BCUT2D eigenvalue weighted by Gasteiger charge is 2.17. The van der Waals surface area contributed by atoms with Gasteiger partial charge in [0, 0.05) is 24.5 Å². The van der Waals surface area contributed by atoms with Crippen LogP contribution in [0.4, 0.5) is 5.69 Å². The number of amides is 1. The quantitative estimate of drug-likeness (QED) is 0.825. The second-order valence-corrected chi connectivity index (χ2v) is 5.81. The van der Waals surface area contributed by atoms with Crippen LogP contribution in [0.3, 0.4) is 0 Å². The predicted molar refractivity (Wildman–Crippen MR) is 92.4 cm³/mol. The zero-order valence-electron chi connectivity index (χ0n) is 13.9. The average Bonchev–Trinajstić information content (AvgIpc) is 2.58. The molecule has 0 aliphatic rings. The Morgan fingerprint density at radius 2 is 1.96 bits per heavy atom. The highest BCUT2D eigenvalue weighted by atomic mass is 16.1. The van der Waals surface area contributed by atoms with E-state index in [0.717, 1.165) is 11.4 Å². The summed E-state index contributed by atoms with van der Waals surface area (Å²) < 4.78 is 0. The van der Waals surface area contributed by atoms with Crippen molar-refractivity contribution in [3.63, 3.8) is 0 Å². The van der Waals surface area contributed by atoms with Gasteiger partial charge in [0.05, 0.1) is 11.3 Å². The van der Waals surface area contributed by atoms with Gasteiger partial charge < -0.3 is 10.6 Å². The second kappa shape index (κ2) is 8.27. The smallest absolute Gasteiger partial charge is 0.254 e. The number of carbonyl (C=O) groups is 1. The molecule has 0 saturated heterocycles. The topological polar surface area (TPSA) is 66.9 Å². The van der Waals surface area contributed by atoms with E-state index < -0.39 is 0 Å². The number of hydrogen-bond acceptors (Lipinski definition) is 4. The van der Waals surface area contributed by atoms with E-state index in [1.54, 1.807) is 6.20 Å². The third kappa shape index (κ3) is 4.77. The maximum atomic E-state index is 12.4. The molecule has 0 radical (unpaired) electrons. The van der Waals surface area contributed by atoms with Crippen LogP contribution in [-0.4, -0.2) is 28.5 Å². The Kier molecular flexibility index (Phi) is 6.09. The Hall–Kier alpha value is -2.43. The number of para-hydroxylation sites is 1. The van der Waals surface area contributed by atoms with Gasteiger partial charge in [-0.05, 0) is 24.5 Å². The zero-order valence-corrected chi connectivity index (χ0v) is 13.9. The van der Waals surface area contributed by atoms with E-state index in [1.807, 2.05) is 37.3 Å². The van der Waals surface area contributed by atoms with E-state index in [-0.39, 0.29) is 11.9 Å². The number of aromatic nitrogens is 2. The van der Waals surface area contributed by atoms with Crippen LogP contribution in [0.25, 0.3) is 0 Å². The number of rotatable bonds is 7. The summed E-state index contributed by atoms with van der Waals surface area (Å²) in [5, 5.41) is 6.46. The highest BCUT2D eigenvalue weighted by molar-refractivity contribution is 5.94. The van der Waals surface area contributed by atoms with E-state index in [9.17, 15) is 4.79 Å². The minimum atomic E-state index is -0.122. The van der Waals surface area contributed by atoms with Crippen molar-refractivity contribution in [3.8, 4) is 0 Å². The van der Waals surface area contributed by atoms with Crippen molar-refractivity contribution >= 4 is 11.6 Å². The van der Waals surface area contributed by atoms with Gasteiger partial charge in [-0.15, -0.1) is 0 Å². The van der Waals surface area contributed by atoms with Crippen LogP contribution in [-0.2, 0) is 6.42 Å². The van der Waals surface area contributed by atoms with Gasteiger partial charge in [-0.25, -0.2) is 9.97 Å². The summed E-state index contributed by atoms with van der Waals surface area (Å²) in [4.78, 5) is 20.5. The molecule has 2 rings (SSSR count). The molecule has 0 unspecified atom stereocenters. The Morgan fingerprint density at radius 3 is 2.61 bits per heavy atom. The van der Waals surface area contributed by atoms with E-state index >= 15 is 0 Å². The van der Waals surface area contributed by atoms with Crippen molar-refractivity contribution in [1.29, 1.82) is 0 Å². The molecular formula is C18H24N4O. The summed E-state index contributed by atoms with van der Waals surface area (Å²) in [5.74, 6) is 0.260. The van der Waals surface area contributed by atoms with Gasteiger partial charge in [-0.1, -0.05) is 39.0 Å². The molecule has 0 bridgehead atoms. The molecule has 1 aromatic carbocycles. The normalized spacial score (nSPS) is 12.0. The van der Waals surface area contributed by atoms with E-state index in [0.29, 0.717) is 24.4 Å². The van der Waals surface area contributed by atoms with Crippen LogP contribution in [0, 0.1) is 5.92 Å². The zero-order chi connectivity index (χ0) is 16.7. The number of nitrogens with zero attached hydrogens (tertiary/aromatic N) is 2. The molecule has 0 saturated carbocycles. The van der Waals surface area contributed by atoms with E-state index in [2.05, 4.69) is 34.4 Å². The van der Waals surface area contributed by atoms with Crippen LogP contribution in [0.5, 0.6) is 0 Å². The lowest BCUT2D eigenvalue weighted by molar-refractivity contribution is 0.0948. The number of anilines is 1. The van der Waals surface area contributed by atoms with Crippen LogP contribution in [0.1, 0.15) is 36.8 Å². The van der Waals surface area contributed by atoms with Crippen LogP contribution < -0.4 is 10.6 Å². The Bertz CT molecular complexity index is 628. The van der Waals surface area contributed by atoms with Crippen LogP contribution in [0.2, 0.25) is 0 Å². The lowest BCUT2D eigenvalue weighted by atomic mass is 10.0. The summed E-state index contributed by atoms with van der Waals surface area (Å²) >= 11 is 0. The van der Waals surface area contributed by atoms with Crippen molar-refractivity contribution in [3.05, 3.63) is 54.1 Å². The van der Waals surface area contributed by atoms with Gasteiger partial charge in [0.15, 0.2) is 0 Å². The molecule has 2 N–H and O–H groups in total. The molecule has 2 aromatic rings. The van der Waals surface area contributed by atoms with Gasteiger partial charge in [-0.3, -0.25) is 4.79 Å². The van der Waals surface area contributed by atoms with Gasteiger partial charge in [0.2, 0.25) is 0 Å². The molecule has 23 heavy (non-hydrogen) atoms. The fourth-order valence-corrected chi connectivity index (χ4v) is 2.33. The first-order valence-corrected chi connectivity index (χ1v) is 8.00. The molecule has 0 fully saturated rings. The van der Waals surface area contributed by atoms with Gasteiger partial charge in [0.25, 0.3) is 5.91 Å². The monoisotopic (exact) mass is 312 g/mol. The minimum absolute atomic E-state index is 0.122. The molecule has 1 heterocycles. The van der Waals surface area contributed by atoms with Gasteiger partial charge in [-0.2, -0.15) is 0 Å². The highest BCUT2D eigenvalue weighted by Crippen LogP contribution is 2.12. The molecule has 1 atom stereocenters. The first-order valence-electron chi connectivity index (χ1n) is 8.00. The maximum Gasteiger partial charge on any atom is 0.254 e. The van der Waals surface area contributed by atoms with E-state index in [1.165, 1.54) is 6.33 Å². The third-order valence-electron chi connectivity index (χ3n) is 3.79. The summed E-state index contributed by atoms with van der Waals surface area (Å²) in [6.45, 7) is 6.79. The first kappa shape index (κ1) is 16.9. The van der Waals surface area contributed by atoms with Crippen LogP contribution >= 0.6 is 0 Å². The molecular weight excluding hydrogens is 288 g/mol. The lowest BCUT2D eigenvalue weighted by Crippen LogP contribution is -2.40. The SMILES string of the molecule is CCc1ncncc1C(=O)NC[C@H](Nc1ccccc1)C(C)C. The molecule has 5 nitrogen and oxygen atoms in total. The summed E-state index contributed by atoms with van der Waals surface area (Å²) in [7, 11) is 0. The summed E-state index contributed by atoms with van der Waals surface area (Å²) in [5.41, 5.74) is 2.38. The Morgan fingerprint density at radius 1 is 1.22 bits per heavy atom. The van der Waals surface area contributed by atoms with Crippen molar-refractivity contribution in [1.82, 2.24) is 15.3 Å². The minimum Gasteiger partial charge on any atom is -0.380 e. The molecule has 1 aromatic heterocycles. The molecule has 0 aliphatic carbocycles. The van der Waals surface area contributed by atoms with E-state index in [4.69, 9.17) is 0 Å². The number of nitrogens with one attached hydrogen (secondary N) is 2. The van der Waals surface area contributed by atoms with Crippen molar-refractivity contribution in [2.24, 2.45) is 5.92 Å². The average molecular weight is 312 g/mol. The molecule has 1 amide bonds. The number of benzene rings is 1. The fourth-order valence-electron chi connectivity index (χ4n) is 2.33. The number of carbonyl (C=O) groups excluding carboxylic acids is 1. The first-order chi connectivity index (χ1) is 11.1. The number of hydrogen-bond donors (Lipinski definition) is 2. The fraction of sp³-hybridized carbons (Fsp3) is 0.389. The predicted octanol–water partition coefficient (Wildman–Crippen LogP) is 2.91. The third-order valence-corrected chi connectivity index (χ3v) is 3.79. The largest absolute Gasteiger partial charge is 0.380 e. The lowest BCUT2D eigenvalue weighted by Gasteiger charge is -2.24. The summed E-state index contributed by atoms with van der Waals surface area (Å²) in [6, 6.07) is 10.2. The Labute approximate surface area is 137 Å². The molecule has 5 heteroatoms. The molecule has 0 spiro atoms. The molecule has 0 aliphatic heterocycles. The maximum absolute atomic E-state index is 12.4. The summed E-state index contributed by atoms with van der Waals surface area (Å²) in [6.07, 6.45) is 3.76.